The van der Waals surface area contributed by atoms with Crippen molar-refractivity contribution >= 4 is 77.2 Å². The molecule has 0 bridgehead atoms. The van der Waals surface area contributed by atoms with Crippen molar-refractivity contribution in [3.8, 4) is 22.3 Å². The van der Waals surface area contributed by atoms with E-state index in [1.165, 1.54) is 65.3 Å². The van der Waals surface area contributed by atoms with Crippen molar-refractivity contribution in [1.29, 1.82) is 0 Å². The van der Waals surface area contributed by atoms with Gasteiger partial charge in [0.25, 0.3) is 0 Å². The Balaban J connectivity index is 1.20. The Labute approximate surface area is 350 Å². The van der Waals surface area contributed by atoms with Gasteiger partial charge in [-0.1, -0.05) is 170 Å². The van der Waals surface area contributed by atoms with Crippen LogP contribution in [0.3, 0.4) is 0 Å². The average Bonchev–Trinajstić information content (AvgIpc) is 3.33. The number of fused-ring (bicyclic) bond motifs is 7. The van der Waals surface area contributed by atoms with Gasteiger partial charge in [0.05, 0.1) is 0 Å². The van der Waals surface area contributed by atoms with Gasteiger partial charge in [-0.3, -0.25) is 0 Å². The highest BCUT2D eigenvalue weighted by molar-refractivity contribution is 6.36. The van der Waals surface area contributed by atoms with Crippen LogP contribution in [0.25, 0.3) is 65.3 Å². The zero-order chi connectivity index (χ0) is 39.8. The van der Waals surface area contributed by atoms with E-state index >= 15 is 0 Å². The van der Waals surface area contributed by atoms with Crippen molar-refractivity contribution in [1.82, 2.24) is 0 Å². The number of benzene rings is 11. The lowest BCUT2D eigenvalue weighted by atomic mass is 9.81. The van der Waals surface area contributed by atoms with Crippen LogP contribution in [0.4, 0.5) is 34.1 Å². The molecule has 11 rings (SSSR count). The van der Waals surface area contributed by atoms with Gasteiger partial charge in [-0.2, -0.15) is 0 Å². The molecule has 60 heavy (non-hydrogen) atoms. The molecule has 11 aromatic rings. The lowest BCUT2D eigenvalue weighted by Crippen LogP contribution is -2.09. The third kappa shape index (κ3) is 6.06. The Morgan fingerprint density at radius 1 is 0.200 bits per heavy atom. The number of para-hydroxylation sites is 4. The van der Waals surface area contributed by atoms with E-state index in [1.807, 2.05) is 0 Å². The van der Waals surface area contributed by atoms with E-state index in [2.05, 4.69) is 252 Å². The summed E-state index contributed by atoms with van der Waals surface area (Å²) in [5, 5.41) is 9.99. The van der Waals surface area contributed by atoms with Gasteiger partial charge in [-0.25, -0.2) is 0 Å². The second-order valence-corrected chi connectivity index (χ2v) is 15.2. The minimum Gasteiger partial charge on any atom is -0.311 e. The molecule has 0 spiro atoms. The van der Waals surface area contributed by atoms with Crippen LogP contribution < -0.4 is 9.80 Å². The van der Waals surface area contributed by atoms with Gasteiger partial charge in [0, 0.05) is 34.1 Å². The van der Waals surface area contributed by atoms with Gasteiger partial charge in [-0.05, 0) is 138 Å². The molecule has 11 aromatic carbocycles. The highest BCUT2D eigenvalue weighted by atomic mass is 15.1. The van der Waals surface area contributed by atoms with Gasteiger partial charge in [0.15, 0.2) is 0 Å². The molecule has 282 valence electrons. The zero-order valence-electron chi connectivity index (χ0n) is 33.0. The van der Waals surface area contributed by atoms with E-state index in [4.69, 9.17) is 0 Å². The van der Waals surface area contributed by atoms with Crippen molar-refractivity contribution in [3.63, 3.8) is 0 Å². The molecule has 0 amide bonds. The number of rotatable bonds is 8. The summed E-state index contributed by atoms with van der Waals surface area (Å²) < 4.78 is 0. The van der Waals surface area contributed by atoms with E-state index in [1.54, 1.807) is 0 Å². The third-order valence-corrected chi connectivity index (χ3v) is 11.8. The van der Waals surface area contributed by atoms with Crippen LogP contribution in [0.2, 0.25) is 0 Å². The first-order valence-electron chi connectivity index (χ1n) is 20.6. The van der Waals surface area contributed by atoms with Crippen LogP contribution in [-0.4, -0.2) is 0 Å². The van der Waals surface area contributed by atoms with E-state index < -0.39 is 0 Å². The normalized spacial score (nSPS) is 11.3. The molecule has 0 heterocycles. The summed E-state index contributed by atoms with van der Waals surface area (Å²) in [4.78, 5) is 4.68. The van der Waals surface area contributed by atoms with Gasteiger partial charge >= 0.3 is 0 Å². The molecule has 2 nitrogen and oxygen atoms in total. The largest absolute Gasteiger partial charge is 0.311 e. The molecular formula is C58H40N2. The van der Waals surface area contributed by atoms with Crippen molar-refractivity contribution in [2.45, 2.75) is 0 Å². The minimum absolute atomic E-state index is 1.10. The maximum atomic E-state index is 2.38. The number of anilines is 6. The Bertz CT molecular complexity index is 3210. The summed E-state index contributed by atoms with van der Waals surface area (Å²) in [6.45, 7) is 0. The number of hydrogen-bond donors (Lipinski definition) is 0. The molecule has 0 fully saturated rings. The Hall–Kier alpha value is -7.94. The zero-order valence-corrected chi connectivity index (χ0v) is 33.0. The molecule has 0 radical (unpaired) electrons. The lowest BCUT2D eigenvalue weighted by molar-refractivity contribution is 1.28. The van der Waals surface area contributed by atoms with E-state index in [-0.39, 0.29) is 0 Å². The molecule has 0 aliphatic rings. The fourth-order valence-electron chi connectivity index (χ4n) is 9.23. The molecule has 0 saturated heterocycles. The molecule has 0 aliphatic carbocycles. The second-order valence-electron chi connectivity index (χ2n) is 15.2. The maximum Gasteiger partial charge on any atom is 0.0467 e. The molecular weight excluding hydrogens is 725 g/mol. The molecule has 0 atom stereocenters. The smallest absolute Gasteiger partial charge is 0.0467 e. The summed E-state index contributed by atoms with van der Waals surface area (Å²) in [5.74, 6) is 0. The molecule has 0 N–H and O–H groups in total. The van der Waals surface area contributed by atoms with Crippen LogP contribution in [0, 0.1) is 0 Å². The number of nitrogens with zero attached hydrogens (tertiary/aromatic N) is 2. The second kappa shape index (κ2) is 15.1. The third-order valence-electron chi connectivity index (χ3n) is 11.8. The number of hydrogen-bond acceptors (Lipinski definition) is 2. The summed E-state index contributed by atoms with van der Waals surface area (Å²) in [7, 11) is 0. The molecule has 0 saturated carbocycles. The van der Waals surface area contributed by atoms with Crippen LogP contribution in [-0.2, 0) is 0 Å². The summed E-state index contributed by atoms with van der Waals surface area (Å²) in [5.41, 5.74) is 11.5. The Kier molecular flexibility index (Phi) is 8.87. The monoisotopic (exact) mass is 764 g/mol. The van der Waals surface area contributed by atoms with Crippen molar-refractivity contribution < 1.29 is 0 Å². The van der Waals surface area contributed by atoms with Crippen molar-refractivity contribution in [2.24, 2.45) is 0 Å². The first-order chi connectivity index (χ1) is 29.8. The highest BCUT2D eigenvalue weighted by Gasteiger charge is 2.23. The predicted molar refractivity (Wildman–Crippen MR) is 257 cm³/mol. The van der Waals surface area contributed by atoms with Crippen LogP contribution in [0.5, 0.6) is 0 Å². The Morgan fingerprint density at radius 3 is 0.950 bits per heavy atom. The van der Waals surface area contributed by atoms with Crippen LogP contribution in [0.1, 0.15) is 0 Å². The fourth-order valence-corrected chi connectivity index (χ4v) is 9.23. The SMILES string of the molecule is c1ccc(N(c2ccccc2)c2ccc(-c3c4ccccc4c(-c4cccc(N(c5ccccc5)c5ccccc5)c4)c4c5ccccc5c5ccccc5c34)cc2)cc1. The van der Waals surface area contributed by atoms with Gasteiger partial charge in [0.2, 0.25) is 0 Å². The van der Waals surface area contributed by atoms with E-state index in [0.717, 1.165) is 34.1 Å². The average molecular weight is 765 g/mol. The molecule has 2 heteroatoms. The van der Waals surface area contributed by atoms with Gasteiger partial charge in [-0.15, -0.1) is 0 Å². The molecule has 0 unspecified atom stereocenters. The highest BCUT2D eigenvalue weighted by Crippen LogP contribution is 2.50. The summed E-state index contributed by atoms with van der Waals surface area (Å²) >= 11 is 0. The van der Waals surface area contributed by atoms with Gasteiger partial charge in [0.1, 0.15) is 0 Å². The lowest BCUT2D eigenvalue weighted by Gasteiger charge is -2.27. The first kappa shape index (κ1) is 35.2. The van der Waals surface area contributed by atoms with E-state index in [0.29, 0.717) is 0 Å². The van der Waals surface area contributed by atoms with Crippen molar-refractivity contribution in [2.75, 3.05) is 9.80 Å². The van der Waals surface area contributed by atoms with Gasteiger partial charge < -0.3 is 9.80 Å². The standard InChI is InChI=1S/C58H40N2/c1-5-21-43(22-6-1)59(44-23-7-2-8-24-44)47-38-36-41(37-39-47)55-53-34-17-18-35-54(53)56(58-52-33-16-14-31-50(52)49-30-13-15-32-51(49)57(55)58)42-20-19-29-48(40-42)60(45-25-9-3-10-26-45)46-27-11-4-12-28-46/h1-40H. The van der Waals surface area contributed by atoms with Crippen molar-refractivity contribution in [3.05, 3.63) is 243 Å². The van der Waals surface area contributed by atoms with E-state index in [9.17, 15) is 0 Å². The summed E-state index contributed by atoms with van der Waals surface area (Å²) in [6.07, 6.45) is 0. The molecule has 0 aromatic heterocycles. The van der Waals surface area contributed by atoms with Crippen LogP contribution >= 0.6 is 0 Å². The minimum atomic E-state index is 1.10. The summed E-state index contributed by atoms with van der Waals surface area (Å²) in [6, 6.07) is 87.8. The molecule has 0 aliphatic heterocycles. The Morgan fingerprint density at radius 2 is 0.517 bits per heavy atom. The van der Waals surface area contributed by atoms with Crippen LogP contribution in [0.15, 0.2) is 243 Å². The topological polar surface area (TPSA) is 6.48 Å². The quantitative estimate of drug-likeness (QED) is 0.112. The predicted octanol–water partition coefficient (Wildman–Crippen LogP) is 16.6. The first-order valence-corrected chi connectivity index (χ1v) is 20.6. The maximum absolute atomic E-state index is 2.38. The fraction of sp³-hybridized carbons (Fsp3) is 0.